The summed E-state index contributed by atoms with van der Waals surface area (Å²) in [4.78, 5) is 0. The van der Waals surface area contributed by atoms with Gasteiger partial charge in [0.1, 0.15) is 0 Å². The van der Waals surface area contributed by atoms with E-state index in [2.05, 4.69) is 16.2 Å². The summed E-state index contributed by atoms with van der Waals surface area (Å²) in [5, 5.41) is 3.39. The maximum atomic E-state index is 4.79. The van der Waals surface area contributed by atoms with Crippen LogP contribution in [0.4, 0.5) is 0 Å². The fraction of sp³-hybridized carbons (Fsp3) is 0.800. The molecule has 0 heterocycles. The standard InChI is InChI=1S/C5H13N3S/c1-4(2)7-8-5(9)6-3/h4,7H,1-3H3,(H2,6,8,9). The Morgan fingerprint density at radius 3 is 2.33 bits per heavy atom. The van der Waals surface area contributed by atoms with Gasteiger partial charge in [-0.1, -0.05) is 0 Å². The molecule has 0 bridgehead atoms. The summed E-state index contributed by atoms with van der Waals surface area (Å²) in [6, 6.07) is 0.399. The Hall–Kier alpha value is -0.350. The van der Waals surface area contributed by atoms with Crippen LogP contribution in [0, 0.1) is 0 Å². The molecule has 0 atom stereocenters. The summed E-state index contributed by atoms with van der Waals surface area (Å²) in [7, 11) is 1.78. The first-order valence-corrected chi connectivity index (χ1v) is 3.31. The fourth-order valence-electron chi connectivity index (χ4n) is 0.272. The van der Waals surface area contributed by atoms with Gasteiger partial charge in [-0.05, 0) is 26.1 Å². The maximum Gasteiger partial charge on any atom is 0.180 e. The van der Waals surface area contributed by atoms with E-state index in [-0.39, 0.29) is 0 Å². The van der Waals surface area contributed by atoms with E-state index in [0.717, 1.165) is 0 Å². The van der Waals surface area contributed by atoms with Gasteiger partial charge in [0.15, 0.2) is 5.11 Å². The van der Waals surface area contributed by atoms with Gasteiger partial charge >= 0.3 is 0 Å². The molecule has 0 saturated carbocycles. The van der Waals surface area contributed by atoms with E-state index in [1.807, 2.05) is 13.8 Å². The van der Waals surface area contributed by atoms with E-state index in [1.54, 1.807) is 7.05 Å². The average molecular weight is 147 g/mol. The molecular formula is C5H13N3S. The van der Waals surface area contributed by atoms with Crippen LogP contribution in [-0.4, -0.2) is 18.2 Å². The van der Waals surface area contributed by atoms with Crippen LogP contribution < -0.4 is 16.2 Å². The molecule has 54 valence electrons. The van der Waals surface area contributed by atoms with Crippen molar-refractivity contribution < 1.29 is 0 Å². The normalized spacial score (nSPS) is 9.33. The molecule has 0 spiro atoms. The van der Waals surface area contributed by atoms with Crippen molar-refractivity contribution in [2.45, 2.75) is 19.9 Å². The van der Waals surface area contributed by atoms with Crippen LogP contribution in [0.3, 0.4) is 0 Å². The lowest BCUT2D eigenvalue weighted by Crippen LogP contribution is -2.45. The van der Waals surface area contributed by atoms with Crippen LogP contribution in [0.5, 0.6) is 0 Å². The van der Waals surface area contributed by atoms with E-state index in [0.29, 0.717) is 11.2 Å². The topological polar surface area (TPSA) is 36.1 Å². The summed E-state index contributed by atoms with van der Waals surface area (Å²) in [5.74, 6) is 0. The first-order chi connectivity index (χ1) is 4.16. The Balaban J connectivity index is 3.17. The Bertz CT molecular complexity index is 92.2. The van der Waals surface area contributed by atoms with E-state index in [4.69, 9.17) is 12.2 Å². The first-order valence-electron chi connectivity index (χ1n) is 2.90. The Labute approximate surface area is 61.2 Å². The zero-order chi connectivity index (χ0) is 7.28. The highest BCUT2D eigenvalue weighted by molar-refractivity contribution is 7.80. The predicted molar refractivity (Wildman–Crippen MR) is 43.1 cm³/mol. The summed E-state index contributed by atoms with van der Waals surface area (Å²) in [5.41, 5.74) is 5.74. The first kappa shape index (κ1) is 8.65. The van der Waals surface area contributed by atoms with Gasteiger partial charge in [0.05, 0.1) is 0 Å². The largest absolute Gasteiger partial charge is 0.365 e. The number of rotatable bonds is 2. The Kier molecular flexibility index (Phi) is 4.35. The van der Waals surface area contributed by atoms with Gasteiger partial charge < -0.3 is 5.32 Å². The van der Waals surface area contributed by atoms with Crippen LogP contribution >= 0.6 is 12.2 Å². The number of hydrogen-bond acceptors (Lipinski definition) is 2. The monoisotopic (exact) mass is 147 g/mol. The molecule has 0 rings (SSSR count). The SMILES string of the molecule is CNC(=S)NNC(C)C. The molecule has 0 saturated heterocycles. The fourth-order valence-corrected chi connectivity index (χ4v) is 0.331. The number of hydrogen-bond donors (Lipinski definition) is 3. The third-order valence-electron chi connectivity index (χ3n) is 0.701. The third-order valence-corrected chi connectivity index (χ3v) is 1.01. The van der Waals surface area contributed by atoms with Crippen molar-refractivity contribution in [2.75, 3.05) is 7.05 Å². The second-order valence-corrected chi connectivity index (χ2v) is 2.41. The lowest BCUT2D eigenvalue weighted by atomic mass is 10.4. The van der Waals surface area contributed by atoms with Crippen LogP contribution in [-0.2, 0) is 0 Å². The number of hydrazine groups is 1. The average Bonchev–Trinajstić information content (AvgIpc) is 1.83. The Morgan fingerprint density at radius 2 is 2.00 bits per heavy atom. The van der Waals surface area contributed by atoms with Crippen LogP contribution in [0.15, 0.2) is 0 Å². The van der Waals surface area contributed by atoms with Crippen molar-refractivity contribution in [3.05, 3.63) is 0 Å². The molecule has 0 unspecified atom stereocenters. The predicted octanol–water partition coefficient (Wildman–Crippen LogP) is -0.00670. The minimum atomic E-state index is 0.399. The summed E-state index contributed by atoms with van der Waals surface area (Å²) in [6.45, 7) is 4.07. The molecule has 0 aliphatic carbocycles. The second-order valence-electron chi connectivity index (χ2n) is 2.00. The molecule has 0 aromatic carbocycles. The molecule has 0 radical (unpaired) electrons. The molecule has 3 nitrogen and oxygen atoms in total. The smallest absolute Gasteiger partial charge is 0.180 e. The molecule has 0 aromatic rings. The van der Waals surface area contributed by atoms with Crippen LogP contribution in [0.25, 0.3) is 0 Å². The van der Waals surface area contributed by atoms with Gasteiger partial charge in [0.25, 0.3) is 0 Å². The summed E-state index contributed by atoms with van der Waals surface area (Å²) < 4.78 is 0. The van der Waals surface area contributed by atoms with E-state index in [9.17, 15) is 0 Å². The van der Waals surface area contributed by atoms with Gasteiger partial charge in [0.2, 0.25) is 0 Å². The van der Waals surface area contributed by atoms with Gasteiger partial charge in [-0.3, -0.25) is 5.43 Å². The quantitative estimate of drug-likeness (QED) is 0.379. The third kappa shape index (κ3) is 5.52. The van der Waals surface area contributed by atoms with Crippen molar-refractivity contribution in [1.82, 2.24) is 16.2 Å². The van der Waals surface area contributed by atoms with Crippen LogP contribution in [0.2, 0.25) is 0 Å². The van der Waals surface area contributed by atoms with Crippen LogP contribution in [0.1, 0.15) is 13.8 Å². The number of nitrogens with one attached hydrogen (secondary N) is 3. The molecule has 0 aromatic heterocycles. The highest BCUT2D eigenvalue weighted by Crippen LogP contribution is 1.69. The van der Waals surface area contributed by atoms with Crippen molar-refractivity contribution in [3.63, 3.8) is 0 Å². The lowest BCUT2D eigenvalue weighted by molar-refractivity contribution is 0.555. The Morgan fingerprint density at radius 1 is 1.44 bits per heavy atom. The van der Waals surface area contributed by atoms with E-state index >= 15 is 0 Å². The van der Waals surface area contributed by atoms with Gasteiger partial charge in [0, 0.05) is 13.1 Å². The van der Waals surface area contributed by atoms with E-state index in [1.165, 1.54) is 0 Å². The minimum absolute atomic E-state index is 0.399. The van der Waals surface area contributed by atoms with Gasteiger partial charge in [-0.15, -0.1) is 0 Å². The maximum absolute atomic E-state index is 4.79. The molecule has 0 fully saturated rings. The highest BCUT2D eigenvalue weighted by Gasteiger charge is 1.90. The molecule has 0 amide bonds. The summed E-state index contributed by atoms with van der Waals surface area (Å²) >= 11 is 4.79. The molecule has 0 aliphatic heterocycles. The zero-order valence-corrected chi connectivity index (χ0v) is 6.80. The highest BCUT2D eigenvalue weighted by atomic mass is 32.1. The lowest BCUT2D eigenvalue weighted by Gasteiger charge is -2.10. The zero-order valence-electron chi connectivity index (χ0n) is 5.99. The molecular weight excluding hydrogens is 134 g/mol. The second kappa shape index (κ2) is 4.52. The molecule has 3 N–H and O–H groups in total. The number of thiocarbonyl (C=S) groups is 1. The molecule has 0 aliphatic rings. The van der Waals surface area contributed by atoms with E-state index < -0.39 is 0 Å². The van der Waals surface area contributed by atoms with Crippen molar-refractivity contribution >= 4 is 17.3 Å². The molecule has 4 heteroatoms. The van der Waals surface area contributed by atoms with Gasteiger partial charge in [-0.25, -0.2) is 5.43 Å². The van der Waals surface area contributed by atoms with Crippen molar-refractivity contribution in [3.8, 4) is 0 Å². The van der Waals surface area contributed by atoms with Crippen molar-refractivity contribution in [1.29, 1.82) is 0 Å². The molecule has 9 heavy (non-hydrogen) atoms. The van der Waals surface area contributed by atoms with Gasteiger partial charge in [-0.2, -0.15) is 0 Å². The van der Waals surface area contributed by atoms with Crippen molar-refractivity contribution in [2.24, 2.45) is 0 Å². The minimum Gasteiger partial charge on any atom is -0.365 e. The summed E-state index contributed by atoms with van der Waals surface area (Å²) in [6.07, 6.45) is 0.